The molecule has 1 saturated carbocycles. The van der Waals surface area contributed by atoms with E-state index in [1.165, 1.54) is 30.6 Å². The van der Waals surface area contributed by atoms with Gasteiger partial charge in [-0.2, -0.15) is 0 Å². The Hall–Kier alpha value is -2.14. The molecule has 2 fully saturated rings. The molecule has 1 atom stereocenters. The minimum atomic E-state index is -0.946. The molecule has 5 heteroatoms. The van der Waals surface area contributed by atoms with Crippen molar-refractivity contribution >= 4 is 28.9 Å². The summed E-state index contributed by atoms with van der Waals surface area (Å²) in [6, 6.07) is 11.9. The van der Waals surface area contributed by atoms with E-state index < -0.39 is 5.97 Å². The average molecular weight is 384 g/mol. The topological polar surface area (TPSA) is 57.6 Å². The number of anilines is 1. The highest BCUT2D eigenvalue weighted by Crippen LogP contribution is 2.42. The number of amides is 1. The number of hydrogen-bond acceptors (Lipinski definition) is 3. The van der Waals surface area contributed by atoms with Crippen LogP contribution in [0.25, 0.3) is 10.4 Å². The first kappa shape index (κ1) is 18.2. The molecule has 4 nitrogen and oxygen atoms in total. The first-order valence-corrected chi connectivity index (χ1v) is 10.7. The molecule has 27 heavy (non-hydrogen) atoms. The Kier molecular flexibility index (Phi) is 5.30. The number of nitrogens with zero attached hydrogens (tertiary/aromatic N) is 1. The minimum Gasteiger partial charge on any atom is -0.477 e. The van der Waals surface area contributed by atoms with E-state index in [9.17, 15) is 14.7 Å². The van der Waals surface area contributed by atoms with Crippen LogP contribution < -0.4 is 4.90 Å². The highest BCUT2D eigenvalue weighted by atomic mass is 32.1. The molecular weight excluding hydrogens is 358 g/mol. The molecule has 1 amide bonds. The van der Waals surface area contributed by atoms with Gasteiger partial charge < -0.3 is 10.0 Å². The molecular formula is C22H25NO3S. The predicted molar refractivity (Wildman–Crippen MR) is 108 cm³/mol. The van der Waals surface area contributed by atoms with Gasteiger partial charge in [-0.15, -0.1) is 11.3 Å². The van der Waals surface area contributed by atoms with Gasteiger partial charge in [0.05, 0.1) is 5.69 Å². The zero-order chi connectivity index (χ0) is 18.8. The fourth-order valence-corrected chi connectivity index (χ4v) is 5.63. The van der Waals surface area contributed by atoms with Gasteiger partial charge in [0, 0.05) is 17.3 Å². The van der Waals surface area contributed by atoms with Crippen LogP contribution in [0.3, 0.4) is 0 Å². The molecule has 1 saturated heterocycles. The van der Waals surface area contributed by atoms with Gasteiger partial charge in [0.1, 0.15) is 4.88 Å². The molecule has 1 aromatic heterocycles. The quantitative estimate of drug-likeness (QED) is 0.750. The Labute approximate surface area is 163 Å². The van der Waals surface area contributed by atoms with Crippen LogP contribution in [0.2, 0.25) is 0 Å². The summed E-state index contributed by atoms with van der Waals surface area (Å²) >= 11 is 1.27. The minimum absolute atomic E-state index is 0.0803. The number of piperidine rings is 1. The van der Waals surface area contributed by atoms with Crippen molar-refractivity contribution in [2.75, 3.05) is 4.90 Å². The molecule has 1 aromatic carbocycles. The summed E-state index contributed by atoms with van der Waals surface area (Å²) < 4.78 is 0. The summed E-state index contributed by atoms with van der Waals surface area (Å²) in [4.78, 5) is 27.9. The molecule has 0 bridgehead atoms. The zero-order valence-electron chi connectivity index (χ0n) is 15.4. The number of hydrogen-bond donors (Lipinski definition) is 1. The molecule has 4 rings (SSSR count). The second kappa shape index (κ2) is 7.85. The van der Waals surface area contributed by atoms with Gasteiger partial charge in [-0.3, -0.25) is 4.79 Å². The lowest BCUT2D eigenvalue weighted by molar-refractivity contribution is -0.120. The van der Waals surface area contributed by atoms with E-state index >= 15 is 0 Å². The summed E-state index contributed by atoms with van der Waals surface area (Å²) in [6.07, 6.45) is 8.40. The van der Waals surface area contributed by atoms with E-state index in [1.807, 2.05) is 41.3 Å². The molecule has 0 radical (unpaired) electrons. The summed E-state index contributed by atoms with van der Waals surface area (Å²) in [5.41, 5.74) is 1.60. The maximum absolute atomic E-state index is 12.9. The molecule has 2 aliphatic rings. The van der Waals surface area contributed by atoms with Crippen molar-refractivity contribution in [2.45, 2.75) is 57.4 Å². The first-order valence-electron chi connectivity index (χ1n) is 9.90. The second-order valence-electron chi connectivity index (χ2n) is 7.62. The third-order valence-electron chi connectivity index (χ3n) is 5.91. The number of rotatable bonds is 4. The van der Waals surface area contributed by atoms with Crippen LogP contribution in [-0.2, 0) is 4.79 Å². The number of carboxylic acids is 1. The van der Waals surface area contributed by atoms with E-state index in [0.717, 1.165) is 36.1 Å². The normalized spacial score (nSPS) is 21.4. The van der Waals surface area contributed by atoms with E-state index in [0.29, 0.717) is 18.0 Å². The van der Waals surface area contributed by atoms with Gasteiger partial charge in [-0.25, -0.2) is 4.79 Å². The number of aromatic carboxylic acids is 1. The summed E-state index contributed by atoms with van der Waals surface area (Å²) in [5.74, 6) is -0.376. The number of carboxylic acid groups (broad SMARTS) is 1. The van der Waals surface area contributed by atoms with Gasteiger partial charge in [-0.05, 0) is 43.2 Å². The number of benzene rings is 1. The van der Waals surface area contributed by atoms with E-state index in [-0.39, 0.29) is 16.8 Å². The van der Waals surface area contributed by atoms with Crippen molar-refractivity contribution in [2.24, 2.45) is 5.92 Å². The number of carbonyl (C=O) groups is 2. The van der Waals surface area contributed by atoms with E-state index in [4.69, 9.17) is 0 Å². The molecule has 1 aliphatic heterocycles. The van der Waals surface area contributed by atoms with Crippen LogP contribution >= 0.6 is 11.3 Å². The first-order chi connectivity index (χ1) is 13.1. The molecule has 0 spiro atoms. The standard InChI is InChI=1S/C22H25NO3S/c24-20-13-7-12-17(15-8-3-1-4-9-15)23(20)18-14-19(27-21(18)22(25)26)16-10-5-2-6-11-16/h2,5-6,10-11,14-15,17H,1,3-4,7-9,12-13H2,(H,25,26)/t17-/m0/s1. The Morgan fingerprint density at radius 3 is 2.48 bits per heavy atom. The highest BCUT2D eigenvalue weighted by Gasteiger charge is 2.37. The van der Waals surface area contributed by atoms with Gasteiger partial charge in [0.2, 0.25) is 5.91 Å². The average Bonchev–Trinajstić information content (AvgIpc) is 3.14. The summed E-state index contributed by atoms with van der Waals surface area (Å²) in [5, 5.41) is 9.81. The van der Waals surface area contributed by atoms with Crippen LogP contribution in [0.4, 0.5) is 5.69 Å². The Balaban J connectivity index is 1.75. The SMILES string of the molecule is O=C(O)c1sc(-c2ccccc2)cc1N1C(=O)CCC[C@H]1C1CCCCC1. The maximum atomic E-state index is 12.9. The maximum Gasteiger partial charge on any atom is 0.348 e. The van der Waals surface area contributed by atoms with E-state index in [1.54, 1.807) is 0 Å². The van der Waals surface area contributed by atoms with Crippen LogP contribution in [0.15, 0.2) is 36.4 Å². The van der Waals surface area contributed by atoms with Crippen molar-refractivity contribution in [3.8, 4) is 10.4 Å². The van der Waals surface area contributed by atoms with Crippen molar-refractivity contribution in [1.29, 1.82) is 0 Å². The lowest BCUT2D eigenvalue weighted by Gasteiger charge is -2.41. The van der Waals surface area contributed by atoms with Gasteiger partial charge in [-0.1, -0.05) is 49.6 Å². The highest BCUT2D eigenvalue weighted by molar-refractivity contribution is 7.18. The van der Waals surface area contributed by atoms with Crippen molar-refractivity contribution in [1.82, 2.24) is 0 Å². The number of thiophene rings is 1. The van der Waals surface area contributed by atoms with Crippen molar-refractivity contribution in [3.05, 3.63) is 41.3 Å². The molecule has 2 aromatic rings. The van der Waals surface area contributed by atoms with Crippen LogP contribution in [0.1, 0.15) is 61.0 Å². The number of carbonyl (C=O) groups excluding carboxylic acids is 1. The van der Waals surface area contributed by atoms with Crippen LogP contribution in [0, 0.1) is 5.92 Å². The fourth-order valence-electron chi connectivity index (χ4n) is 4.63. The smallest absolute Gasteiger partial charge is 0.348 e. The Morgan fingerprint density at radius 2 is 1.78 bits per heavy atom. The molecule has 2 heterocycles. The third kappa shape index (κ3) is 3.65. The van der Waals surface area contributed by atoms with Crippen molar-refractivity contribution in [3.63, 3.8) is 0 Å². The van der Waals surface area contributed by atoms with Crippen molar-refractivity contribution < 1.29 is 14.7 Å². The molecule has 1 aliphatic carbocycles. The van der Waals surface area contributed by atoms with Gasteiger partial charge in [0.15, 0.2) is 0 Å². The third-order valence-corrected chi connectivity index (χ3v) is 7.07. The zero-order valence-corrected chi connectivity index (χ0v) is 16.2. The molecule has 142 valence electrons. The van der Waals surface area contributed by atoms with Gasteiger partial charge in [0.25, 0.3) is 0 Å². The van der Waals surface area contributed by atoms with Crippen LogP contribution in [-0.4, -0.2) is 23.0 Å². The monoisotopic (exact) mass is 383 g/mol. The molecule has 1 N–H and O–H groups in total. The molecule has 0 unspecified atom stereocenters. The Bertz CT molecular complexity index is 823. The lowest BCUT2D eigenvalue weighted by atomic mass is 9.79. The van der Waals surface area contributed by atoms with E-state index in [2.05, 4.69) is 0 Å². The largest absolute Gasteiger partial charge is 0.477 e. The fraction of sp³-hybridized carbons (Fsp3) is 0.455. The lowest BCUT2D eigenvalue weighted by Crippen LogP contribution is -2.48. The summed E-state index contributed by atoms with van der Waals surface area (Å²) in [6.45, 7) is 0. The summed E-state index contributed by atoms with van der Waals surface area (Å²) in [7, 11) is 0. The second-order valence-corrected chi connectivity index (χ2v) is 8.67. The van der Waals surface area contributed by atoms with Gasteiger partial charge >= 0.3 is 5.97 Å². The Morgan fingerprint density at radius 1 is 1.04 bits per heavy atom. The predicted octanol–water partition coefficient (Wildman–Crippen LogP) is 5.58. The van der Waals surface area contributed by atoms with Crippen LogP contribution in [0.5, 0.6) is 0 Å².